The summed E-state index contributed by atoms with van der Waals surface area (Å²) in [5.41, 5.74) is 2.36. The maximum Gasteiger partial charge on any atom is 0.343 e. The number of nitrogens with one attached hydrogen (secondary N) is 1. The molecule has 0 spiro atoms. The molecule has 0 fully saturated rings. The van der Waals surface area contributed by atoms with Crippen molar-refractivity contribution >= 4 is 27.5 Å². The largest absolute Gasteiger partial charge is 1.00 e. The number of ether oxygens (including phenoxy) is 2. The van der Waals surface area contributed by atoms with Gasteiger partial charge in [0.25, 0.3) is 10.0 Å². The Morgan fingerprint density at radius 1 is 1.00 bits per heavy atom. The molecule has 0 radical (unpaired) electrons. The number of nitrogens with zero attached hydrogens (tertiary/aromatic N) is 2. The highest BCUT2D eigenvalue weighted by molar-refractivity contribution is 7.90. The van der Waals surface area contributed by atoms with Crippen LogP contribution >= 0.6 is 0 Å². The number of carbonyl (C=O) groups is 1. The maximum atomic E-state index is 12.8. The summed E-state index contributed by atoms with van der Waals surface area (Å²) in [5, 5.41) is 3.13. The Bertz CT molecular complexity index is 1370. The Kier molecular flexibility index (Phi) is 8.73. The molecule has 190 valence electrons. The van der Waals surface area contributed by atoms with Crippen molar-refractivity contribution in [3.8, 4) is 11.5 Å². The van der Waals surface area contributed by atoms with Gasteiger partial charge >= 0.3 is 5.97 Å². The van der Waals surface area contributed by atoms with E-state index in [9.17, 15) is 13.2 Å². The number of sulfonamides is 1. The number of benzene rings is 3. The summed E-state index contributed by atoms with van der Waals surface area (Å²) in [4.78, 5) is 15.2. The monoisotopic (exact) mass is 528 g/mol. The fourth-order valence-corrected chi connectivity index (χ4v) is 4.96. The summed E-state index contributed by atoms with van der Waals surface area (Å²) < 4.78 is 39.6. The normalized spacial score (nSPS) is 13.4. The first kappa shape index (κ1) is 27.2. The van der Waals surface area contributed by atoms with Gasteiger partial charge in [0.15, 0.2) is 5.84 Å². The van der Waals surface area contributed by atoms with E-state index in [-0.39, 0.29) is 23.1 Å². The van der Waals surface area contributed by atoms with E-state index in [4.69, 9.17) is 9.47 Å². The molecule has 1 aliphatic heterocycles. The zero-order chi connectivity index (χ0) is 25.0. The van der Waals surface area contributed by atoms with Crippen molar-refractivity contribution in [1.29, 1.82) is 0 Å². The fraction of sp³-hybridized carbons (Fsp3) is 0.231. The van der Waals surface area contributed by atoms with Crippen LogP contribution in [0, 0.1) is 0 Å². The van der Waals surface area contributed by atoms with Crippen molar-refractivity contribution in [2.45, 2.75) is 25.3 Å². The second-order valence-corrected chi connectivity index (χ2v) is 9.51. The molecule has 0 bridgehead atoms. The van der Waals surface area contributed by atoms with Gasteiger partial charge < -0.3 is 27.2 Å². The van der Waals surface area contributed by atoms with E-state index in [2.05, 4.69) is 28.5 Å². The third-order valence-electron chi connectivity index (χ3n) is 5.77. The standard InChI is InChI=1S/C26H27N3O5S.ClH/c1-4-29(5-2)17-19-16-20(27-25-22-8-6-7-9-24(22)35(31,32)28-25)12-15-23(19)34-26(30)18-10-13-21(33-3)14-11-18;/h6-16H,4-5,17H2,1-3H3,(H,27,28);1H/p-1. The van der Waals surface area contributed by atoms with Gasteiger partial charge in [-0.2, -0.15) is 8.42 Å². The van der Waals surface area contributed by atoms with Crippen molar-refractivity contribution in [2.24, 2.45) is 4.40 Å². The summed E-state index contributed by atoms with van der Waals surface area (Å²) in [5.74, 6) is 0.869. The number of hydrogen-bond donors (Lipinski definition) is 1. The van der Waals surface area contributed by atoms with Gasteiger partial charge in [0.05, 0.1) is 12.7 Å². The second kappa shape index (κ2) is 11.6. The van der Waals surface area contributed by atoms with Gasteiger partial charge in [-0.3, -0.25) is 4.90 Å². The van der Waals surface area contributed by atoms with E-state index >= 15 is 0 Å². The first-order valence-corrected chi connectivity index (χ1v) is 12.7. The van der Waals surface area contributed by atoms with Gasteiger partial charge in [-0.1, -0.05) is 26.0 Å². The maximum absolute atomic E-state index is 12.8. The van der Waals surface area contributed by atoms with Crippen molar-refractivity contribution in [2.75, 3.05) is 25.5 Å². The van der Waals surface area contributed by atoms with E-state index in [0.29, 0.717) is 34.9 Å². The number of rotatable bonds is 8. The molecule has 3 aromatic carbocycles. The highest BCUT2D eigenvalue weighted by atomic mass is 35.5. The van der Waals surface area contributed by atoms with Crippen LogP contribution in [0.1, 0.15) is 35.3 Å². The molecule has 0 aliphatic carbocycles. The first-order chi connectivity index (χ1) is 16.8. The van der Waals surface area contributed by atoms with E-state index in [0.717, 1.165) is 18.7 Å². The zero-order valence-corrected chi connectivity index (χ0v) is 21.8. The SMILES string of the molecule is CCN(CC)Cc1cc(NC2=NS(=O)(=O)c3ccccc32)ccc1OC(=O)c1ccc(OC)cc1.[Cl-]. The molecule has 0 atom stereocenters. The minimum Gasteiger partial charge on any atom is -1.00 e. The zero-order valence-electron chi connectivity index (χ0n) is 20.2. The van der Waals surface area contributed by atoms with E-state index in [1.807, 2.05) is 6.07 Å². The predicted molar refractivity (Wildman–Crippen MR) is 135 cm³/mol. The Morgan fingerprint density at radius 3 is 2.36 bits per heavy atom. The molecular weight excluding hydrogens is 502 g/mol. The lowest BCUT2D eigenvalue weighted by Gasteiger charge is -2.21. The molecule has 0 saturated heterocycles. The lowest BCUT2D eigenvalue weighted by molar-refractivity contribution is -0.0000226. The lowest BCUT2D eigenvalue weighted by Crippen LogP contribution is -3.00. The molecule has 1 heterocycles. The lowest BCUT2D eigenvalue weighted by atomic mass is 10.1. The second-order valence-electron chi connectivity index (χ2n) is 7.94. The predicted octanol–water partition coefficient (Wildman–Crippen LogP) is 1.32. The topological polar surface area (TPSA) is 97.3 Å². The fourth-order valence-electron chi connectivity index (χ4n) is 3.79. The summed E-state index contributed by atoms with van der Waals surface area (Å²) in [6, 6.07) is 18.7. The summed E-state index contributed by atoms with van der Waals surface area (Å²) in [7, 11) is -2.17. The summed E-state index contributed by atoms with van der Waals surface area (Å²) in [6.07, 6.45) is 0. The number of hydrogen-bond acceptors (Lipinski definition) is 7. The van der Waals surface area contributed by atoms with Gasteiger partial charge in [0, 0.05) is 23.4 Å². The minimum atomic E-state index is -3.73. The van der Waals surface area contributed by atoms with Gasteiger partial charge in [-0.15, -0.1) is 4.40 Å². The summed E-state index contributed by atoms with van der Waals surface area (Å²) >= 11 is 0. The number of fused-ring (bicyclic) bond motifs is 1. The van der Waals surface area contributed by atoms with Crippen LogP contribution in [-0.2, 0) is 16.6 Å². The number of esters is 1. The van der Waals surface area contributed by atoms with Crippen molar-refractivity contribution in [1.82, 2.24) is 4.90 Å². The number of anilines is 1. The Labute approximate surface area is 217 Å². The van der Waals surface area contributed by atoms with Crippen LogP contribution in [0.5, 0.6) is 11.5 Å². The number of halogens is 1. The molecule has 1 aliphatic rings. The van der Waals surface area contributed by atoms with Crippen molar-refractivity contribution in [3.63, 3.8) is 0 Å². The van der Waals surface area contributed by atoms with Gasteiger partial charge in [-0.05, 0) is 67.7 Å². The molecule has 4 rings (SSSR count). The van der Waals surface area contributed by atoms with Crippen LogP contribution in [0.15, 0.2) is 76.0 Å². The van der Waals surface area contributed by atoms with Crippen LogP contribution in [0.3, 0.4) is 0 Å². The van der Waals surface area contributed by atoms with Gasteiger partial charge in [0.2, 0.25) is 0 Å². The highest BCUT2D eigenvalue weighted by Gasteiger charge is 2.28. The van der Waals surface area contributed by atoms with Crippen LogP contribution in [-0.4, -0.2) is 45.3 Å². The molecule has 0 unspecified atom stereocenters. The molecule has 3 aromatic rings. The molecule has 10 heteroatoms. The number of methoxy groups -OCH3 is 1. The molecule has 0 amide bonds. The van der Waals surface area contributed by atoms with Crippen LogP contribution < -0.4 is 27.2 Å². The van der Waals surface area contributed by atoms with E-state index < -0.39 is 16.0 Å². The van der Waals surface area contributed by atoms with Crippen LogP contribution in [0.4, 0.5) is 5.69 Å². The molecule has 8 nitrogen and oxygen atoms in total. The Hall–Kier alpha value is -3.40. The third kappa shape index (κ3) is 5.87. The molecule has 1 N–H and O–H groups in total. The van der Waals surface area contributed by atoms with Crippen molar-refractivity contribution < 1.29 is 35.1 Å². The Balaban J connectivity index is 0.00000361. The quantitative estimate of drug-likeness (QED) is 0.348. The van der Waals surface area contributed by atoms with Crippen LogP contribution in [0.25, 0.3) is 0 Å². The van der Waals surface area contributed by atoms with Crippen molar-refractivity contribution in [3.05, 3.63) is 83.4 Å². The first-order valence-electron chi connectivity index (χ1n) is 11.3. The average Bonchev–Trinajstić information content (AvgIpc) is 3.13. The smallest absolute Gasteiger partial charge is 0.343 e. The number of amidine groups is 1. The molecule has 0 aromatic heterocycles. The third-order valence-corrected chi connectivity index (χ3v) is 7.11. The molecule has 0 saturated carbocycles. The Morgan fingerprint density at radius 2 is 1.69 bits per heavy atom. The average molecular weight is 529 g/mol. The van der Waals surface area contributed by atoms with Crippen LogP contribution in [0.2, 0.25) is 0 Å². The minimum absolute atomic E-state index is 0. The molecule has 36 heavy (non-hydrogen) atoms. The summed E-state index contributed by atoms with van der Waals surface area (Å²) in [6.45, 7) is 6.30. The van der Waals surface area contributed by atoms with Gasteiger partial charge in [-0.25, -0.2) is 4.79 Å². The number of carbonyl (C=O) groups excluding carboxylic acids is 1. The van der Waals surface area contributed by atoms with Gasteiger partial charge in [0.1, 0.15) is 16.4 Å². The highest BCUT2D eigenvalue weighted by Crippen LogP contribution is 2.29. The van der Waals surface area contributed by atoms with E-state index in [1.54, 1.807) is 61.7 Å². The molecular formula is C26H27ClN3O5S-. The van der Waals surface area contributed by atoms with E-state index in [1.165, 1.54) is 6.07 Å².